The van der Waals surface area contributed by atoms with Crippen LogP contribution in [0.5, 0.6) is 0 Å². The highest BCUT2D eigenvalue weighted by Crippen LogP contribution is 2.19. The quantitative estimate of drug-likeness (QED) is 0.198. The van der Waals surface area contributed by atoms with E-state index < -0.39 is 66.6 Å². The van der Waals surface area contributed by atoms with Crippen molar-refractivity contribution >= 4 is 40.5 Å². The van der Waals surface area contributed by atoms with Crippen molar-refractivity contribution in [3.63, 3.8) is 0 Å². The average molecular weight is 475 g/mol. The normalized spacial score (nSPS) is 13.6. The SMILES string of the molecule is CC(C)C(NC(=O)C(CC(N)=O)NC(=O)CN)C(=O)NC(Cc1c[nH]c2ccccc12)C(=O)O. The van der Waals surface area contributed by atoms with E-state index in [1.54, 1.807) is 20.0 Å². The van der Waals surface area contributed by atoms with E-state index in [2.05, 4.69) is 20.9 Å². The van der Waals surface area contributed by atoms with Gasteiger partial charge in [0.15, 0.2) is 0 Å². The monoisotopic (exact) mass is 474 g/mol. The molecule has 0 aliphatic heterocycles. The Morgan fingerprint density at radius 2 is 1.68 bits per heavy atom. The molecule has 9 N–H and O–H groups in total. The lowest BCUT2D eigenvalue weighted by Crippen LogP contribution is -2.58. The fourth-order valence-electron chi connectivity index (χ4n) is 3.43. The van der Waals surface area contributed by atoms with Crippen molar-refractivity contribution in [1.82, 2.24) is 20.9 Å². The second kappa shape index (κ2) is 11.8. The molecule has 4 amide bonds. The molecule has 0 saturated carbocycles. The number of hydrogen-bond donors (Lipinski definition) is 7. The van der Waals surface area contributed by atoms with Crippen LogP contribution in [-0.2, 0) is 30.4 Å². The molecule has 184 valence electrons. The Balaban J connectivity index is 2.15. The van der Waals surface area contributed by atoms with Gasteiger partial charge in [-0.3, -0.25) is 19.2 Å². The summed E-state index contributed by atoms with van der Waals surface area (Å²) < 4.78 is 0. The highest BCUT2D eigenvalue weighted by molar-refractivity contribution is 5.96. The van der Waals surface area contributed by atoms with Crippen molar-refractivity contribution < 1.29 is 29.1 Å². The summed E-state index contributed by atoms with van der Waals surface area (Å²) in [5.74, 6) is -4.75. The zero-order valence-corrected chi connectivity index (χ0v) is 19.0. The highest BCUT2D eigenvalue weighted by Gasteiger charge is 2.32. The molecule has 3 atom stereocenters. The summed E-state index contributed by atoms with van der Waals surface area (Å²) in [6, 6.07) is 3.63. The first-order valence-electron chi connectivity index (χ1n) is 10.7. The number of carboxylic acids is 1. The number of hydrogen-bond acceptors (Lipinski definition) is 6. The Hall–Kier alpha value is -3.93. The summed E-state index contributed by atoms with van der Waals surface area (Å²) in [7, 11) is 0. The molecular weight excluding hydrogens is 444 g/mol. The summed E-state index contributed by atoms with van der Waals surface area (Å²) in [4.78, 5) is 63.5. The topological polar surface area (TPSA) is 209 Å². The van der Waals surface area contributed by atoms with Crippen molar-refractivity contribution in [3.8, 4) is 0 Å². The van der Waals surface area contributed by atoms with E-state index in [4.69, 9.17) is 11.5 Å². The van der Waals surface area contributed by atoms with E-state index in [1.807, 2.05) is 24.3 Å². The van der Waals surface area contributed by atoms with Crippen LogP contribution in [0.15, 0.2) is 30.5 Å². The van der Waals surface area contributed by atoms with E-state index >= 15 is 0 Å². The van der Waals surface area contributed by atoms with Crippen molar-refractivity contribution in [2.24, 2.45) is 17.4 Å². The summed E-state index contributed by atoms with van der Waals surface area (Å²) in [6.07, 6.45) is 1.20. The minimum atomic E-state index is -1.33. The first-order valence-corrected chi connectivity index (χ1v) is 10.7. The fourth-order valence-corrected chi connectivity index (χ4v) is 3.43. The first kappa shape index (κ1) is 26.3. The van der Waals surface area contributed by atoms with Crippen LogP contribution >= 0.6 is 0 Å². The van der Waals surface area contributed by atoms with Gasteiger partial charge in [0, 0.05) is 23.5 Å². The smallest absolute Gasteiger partial charge is 0.326 e. The maximum atomic E-state index is 13.0. The summed E-state index contributed by atoms with van der Waals surface area (Å²) >= 11 is 0. The molecule has 34 heavy (non-hydrogen) atoms. The van der Waals surface area contributed by atoms with Gasteiger partial charge in [0.2, 0.25) is 23.6 Å². The number of aromatic amines is 1. The van der Waals surface area contributed by atoms with Gasteiger partial charge in [-0.2, -0.15) is 0 Å². The van der Waals surface area contributed by atoms with Gasteiger partial charge in [0.1, 0.15) is 18.1 Å². The number of benzene rings is 1. The lowest BCUT2D eigenvalue weighted by molar-refractivity contribution is -0.142. The molecule has 3 unspecified atom stereocenters. The molecule has 1 aromatic heterocycles. The third-order valence-corrected chi connectivity index (χ3v) is 5.20. The molecule has 1 heterocycles. The van der Waals surface area contributed by atoms with Gasteiger partial charge in [0.05, 0.1) is 13.0 Å². The molecule has 2 aromatic rings. The van der Waals surface area contributed by atoms with Crippen LogP contribution in [0, 0.1) is 5.92 Å². The van der Waals surface area contributed by atoms with Crippen LogP contribution in [0.25, 0.3) is 10.9 Å². The van der Waals surface area contributed by atoms with Gasteiger partial charge >= 0.3 is 5.97 Å². The van der Waals surface area contributed by atoms with Crippen LogP contribution < -0.4 is 27.4 Å². The van der Waals surface area contributed by atoms with Crippen LogP contribution in [0.3, 0.4) is 0 Å². The molecule has 2 rings (SSSR count). The number of aliphatic carboxylic acids is 1. The first-order chi connectivity index (χ1) is 16.0. The van der Waals surface area contributed by atoms with Gasteiger partial charge in [-0.15, -0.1) is 0 Å². The number of fused-ring (bicyclic) bond motifs is 1. The zero-order chi connectivity index (χ0) is 25.4. The molecule has 0 bridgehead atoms. The van der Waals surface area contributed by atoms with Crippen LogP contribution in [0.4, 0.5) is 0 Å². The van der Waals surface area contributed by atoms with Crippen LogP contribution in [-0.4, -0.2) is 64.4 Å². The van der Waals surface area contributed by atoms with E-state index in [-0.39, 0.29) is 6.42 Å². The number of primary amides is 1. The molecule has 12 heteroatoms. The second-order valence-corrected chi connectivity index (χ2v) is 8.19. The third-order valence-electron chi connectivity index (χ3n) is 5.20. The van der Waals surface area contributed by atoms with E-state index in [0.717, 1.165) is 10.9 Å². The number of para-hydroxylation sites is 1. The lowest BCUT2D eigenvalue weighted by atomic mass is 10.0. The van der Waals surface area contributed by atoms with E-state index in [9.17, 15) is 29.1 Å². The molecule has 0 radical (unpaired) electrons. The second-order valence-electron chi connectivity index (χ2n) is 8.19. The average Bonchev–Trinajstić information content (AvgIpc) is 3.18. The number of nitrogens with one attached hydrogen (secondary N) is 4. The Bertz CT molecular complexity index is 1070. The van der Waals surface area contributed by atoms with Gasteiger partial charge in [-0.05, 0) is 17.5 Å². The number of aromatic nitrogens is 1. The maximum Gasteiger partial charge on any atom is 0.326 e. The molecular formula is C22H30N6O6. The Morgan fingerprint density at radius 3 is 2.26 bits per heavy atom. The van der Waals surface area contributed by atoms with Gasteiger partial charge in [0.25, 0.3) is 0 Å². The number of carbonyl (C=O) groups is 5. The fraction of sp³-hybridized carbons (Fsp3) is 0.409. The maximum absolute atomic E-state index is 13.0. The molecule has 0 saturated heterocycles. The molecule has 12 nitrogen and oxygen atoms in total. The summed E-state index contributed by atoms with van der Waals surface area (Å²) in [5.41, 5.74) is 11.9. The van der Waals surface area contributed by atoms with Gasteiger partial charge in [-0.25, -0.2) is 4.79 Å². The summed E-state index contributed by atoms with van der Waals surface area (Å²) in [5, 5.41) is 17.7. The number of carboxylic acid groups (broad SMARTS) is 1. The number of H-pyrrole nitrogens is 1. The minimum Gasteiger partial charge on any atom is -0.480 e. The molecule has 0 aliphatic carbocycles. The third kappa shape index (κ3) is 7.04. The van der Waals surface area contributed by atoms with E-state index in [1.165, 1.54) is 0 Å². The Kier molecular flexibility index (Phi) is 9.13. The Morgan fingerprint density at radius 1 is 1.00 bits per heavy atom. The number of nitrogens with two attached hydrogens (primary N) is 2. The summed E-state index contributed by atoms with van der Waals surface area (Å²) in [6.45, 7) is 2.90. The van der Waals surface area contributed by atoms with Crippen LogP contribution in [0.1, 0.15) is 25.8 Å². The van der Waals surface area contributed by atoms with Crippen molar-refractivity contribution in [2.75, 3.05) is 6.54 Å². The molecule has 0 fully saturated rings. The van der Waals surface area contributed by atoms with E-state index in [0.29, 0.717) is 5.56 Å². The minimum absolute atomic E-state index is 0.0146. The predicted octanol–water partition coefficient (Wildman–Crippen LogP) is -1.26. The van der Waals surface area contributed by atoms with Crippen LogP contribution in [0.2, 0.25) is 0 Å². The van der Waals surface area contributed by atoms with Crippen molar-refractivity contribution in [1.29, 1.82) is 0 Å². The number of amides is 4. The lowest BCUT2D eigenvalue weighted by Gasteiger charge is -2.26. The molecule has 0 spiro atoms. The van der Waals surface area contributed by atoms with Gasteiger partial charge in [-0.1, -0.05) is 32.0 Å². The predicted molar refractivity (Wildman–Crippen MR) is 123 cm³/mol. The number of carbonyl (C=O) groups excluding carboxylic acids is 4. The largest absolute Gasteiger partial charge is 0.480 e. The zero-order valence-electron chi connectivity index (χ0n) is 19.0. The molecule has 0 aliphatic rings. The van der Waals surface area contributed by atoms with Crippen molar-refractivity contribution in [3.05, 3.63) is 36.0 Å². The number of rotatable bonds is 12. The van der Waals surface area contributed by atoms with Crippen molar-refractivity contribution in [2.45, 2.75) is 44.8 Å². The highest BCUT2D eigenvalue weighted by atomic mass is 16.4. The Labute approximate surface area is 195 Å². The standard InChI is InChI=1S/C22H30N6O6/c1-11(2)19(28-20(31)15(8-17(24)29)26-18(30)9-23)21(32)27-16(22(33)34)7-12-10-25-14-6-4-3-5-13(12)14/h3-6,10-11,15-16,19,25H,7-9,23H2,1-2H3,(H2,24,29)(H,26,30)(H,27,32)(H,28,31)(H,33,34). The van der Waals surface area contributed by atoms with Gasteiger partial charge < -0.3 is 37.5 Å². The molecule has 1 aromatic carbocycles.